The van der Waals surface area contributed by atoms with Crippen LogP contribution in [0.5, 0.6) is 5.75 Å². The second kappa shape index (κ2) is 7.77. The van der Waals surface area contributed by atoms with Crippen LogP contribution in [0, 0.1) is 21.4 Å². The molecule has 0 spiro atoms. The number of rotatable bonds is 6. The molecule has 0 saturated carbocycles. The average molecular weight is 385 g/mol. The second-order valence-electron chi connectivity index (χ2n) is 5.03. The molecule has 0 bridgehead atoms. The van der Waals surface area contributed by atoms with E-state index in [0.717, 1.165) is 4.88 Å². The van der Waals surface area contributed by atoms with Gasteiger partial charge in [-0.15, -0.1) is 22.7 Å². The number of amides is 1. The van der Waals surface area contributed by atoms with Crippen molar-refractivity contribution in [2.24, 2.45) is 0 Å². The Bertz CT molecular complexity index is 990. The Morgan fingerprint density at radius 1 is 1.27 bits per heavy atom. The van der Waals surface area contributed by atoms with E-state index in [1.54, 1.807) is 11.4 Å². The highest BCUT2D eigenvalue weighted by Gasteiger charge is 2.16. The second-order valence-corrected chi connectivity index (χ2v) is 6.89. The number of benzene rings is 1. The van der Waals surface area contributed by atoms with E-state index in [1.807, 2.05) is 23.6 Å². The van der Waals surface area contributed by atoms with Gasteiger partial charge in [0.1, 0.15) is 16.8 Å². The summed E-state index contributed by atoms with van der Waals surface area (Å²) < 4.78 is 5.57. The van der Waals surface area contributed by atoms with E-state index in [0.29, 0.717) is 21.9 Å². The fraction of sp³-hybridized carbons (Fsp3) is 0.0588. The molecule has 1 N–H and O–H groups in total. The minimum absolute atomic E-state index is 0.0533. The number of thiophene rings is 2. The predicted octanol–water partition coefficient (Wildman–Crippen LogP) is 4.27. The van der Waals surface area contributed by atoms with E-state index < -0.39 is 10.8 Å². The van der Waals surface area contributed by atoms with Gasteiger partial charge in [0.2, 0.25) is 0 Å². The van der Waals surface area contributed by atoms with E-state index in [1.165, 1.54) is 40.9 Å². The third kappa shape index (κ3) is 3.88. The Kier molecular flexibility index (Phi) is 5.26. The van der Waals surface area contributed by atoms with Crippen LogP contribution in [0.1, 0.15) is 5.56 Å². The molecule has 0 saturated heterocycles. The van der Waals surface area contributed by atoms with Gasteiger partial charge in [-0.05, 0) is 29.0 Å². The van der Waals surface area contributed by atoms with Crippen LogP contribution < -0.4 is 10.1 Å². The zero-order valence-electron chi connectivity index (χ0n) is 13.2. The van der Waals surface area contributed by atoms with E-state index in [2.05, 4.69) is 5.32 Å². The van der Waals surface area contributed by atoms with Crippen molar-refractivity contribution in [3.05, 3.63) is 62.8 Å². The van der Waals surface area contributed by atoms with Crippen molar-refractivity contribution in [1.82, 2.24) is 0 Å². The van der Waals surface area contributed by atoms with Crippen molar-refractivity contribution >= 4 is 39.3 Å². The summed E-state index contributed by atoms with van der Waals surface area (Å²) in [5.74, 6) is -0.0423. The van der Waals surface area contributed by atoms with Crippen LogP contribution in [0.4, 0.5) is 10.7 Å². The largest absolute Gasteiger partial charge is 0.483 e. The minimum atomic E-state index is -0.478. The first kappa shape index (κ1) is 17.6. The molecule has 0 fully saturated rings. The molecular weight excluding hydrogens is 374 g/mol. The van der Waals surface area contributed by atoms with Gasteiger partial charge in [0.15, 0.2) is 6.61 Å². The topological polar surface area (TPSA) is 105 Å². The van der Waals surface area contributed by atoms with Crippen LogP contribution in [-0.4, -0.2) is 17.4 Å². The molecule has 9 heteroatoms. The Labute approximate surface area is 156 Å². The molecule has 0 unspecified atom stereocenters. The van der Waals surface area contributed by atoms with Crippen LogP contribution in [0.3, 0.4) is 0 Å². The molecule has 1 aromatic carbocycles. The number of carbonyl (C=O) groups is 1. The van der Waals surface area contributed by atoms with Crippen LogP contribution >= 0.6 is 22.7 Å². The Morgan fingerprint density at radius 3 is 2.81 bits per heavy atom. The Morgan fingerprint density at radius 2 is 2.12 bits per heavy atom. The molecule has 3 aromatic rings. The highest BCUT2D eigenvalue weighted by atomic mass is 32.1. The number of hydrogen-bond acceptors (Lipinski definition) is 7. The minimum Gasteiger partial charge on any atom is -0.483 e. The number of nitro benzene ring substituents is 1. The van der Waals surface area contributed by atoms with Crippen molar-refractivity contribution in [3.63, 3.8) is 0 Å². The molecule has 1 amide bonds. The predicted molar refractivity (Wildman–Crippen MR) is 99.6 cm³/mol. The third-order valence-corrected chi connectivity index (χ3v) is 5.09. The number of ether oxygens (including phenoxy) is 1. The van der Waals surface area contributed by atoms with Gasteiger partial charge < -0.3 is 10.1 Å². The number of nitriles is 1. The fourth-order valence-electron chi connectivity index (χ4n) is 2.18. The number of anilines is 1. The average Bonchev–Trinajstić information content (AvgIpc) is 3.31. The van der Waals surface area contributed by atoms with Gasteiger partial charge in [-0.25, -0.2) is 0 Å². The first-order chi connectivity index (χ1) is 12.6. The maximum atomic E-state index is 12.1. The summed E-state index contributed by atoms with van der Waals surface area (Å²) in [6.07, 6.45) is 0. The molecular formula is C17H11N3O4S2. The molecule has 7 nitrogen and oxygen atoms in total. The lowest BCUT2D eigenvalue weighted by Gasteiger charge is -2.10. The van der Waals surface area contributed by atoms with Crippen molar-refractivity contribution in [2.45, 2.75) is 0 Å². The molecule has 2 heterocycles. The van der Waals surface area contributed by atoms with Crippen molar-refractivity contribution in [2.75, 3.05) is 11.9 Å². The van der Waals surface area contributed by atoms with Gasteiger partial charge in [-0.1, -0.05) is 6.07 Å². The lowest BCUT2D eigenvalue weighted by molar-refractivity contribution is -0.384. The number of hydrogen-bond donors (Lipinski definition) is 1. The monoisotopic (exact) mass is 385 g/mol. The molecule has 0 radical (unpaired) electrons. The number of carbonyl (C=O) groups excluding carboxylic acids is 1. The molecule has 0 aliphatic rings. The highest BCUT2D eigenvalue weighted by Crippen LogP contribution is 2.36. The lowest BCUT2D eigenvalue weighted by atomic mass is 10.1. The van der Waals surface area contributed by atoms with Crippen LogP contribution in [0.2, 0.25) is 0 Å². The molecule has 130 valence electrons. The fourth-order valence-corrected chi connectivity index (χ4v) is 3.68. The zero-order valence-corrected chi connectivity index (χ0v) is 14.8. The summed E-state index contributed by atoms with van der Waals surface area (Å²) in [5, 5.41) is 26.6. The molecule has 0 aliphatic carbocycles. The maximum Gasteiger partial charge on any atom is 0.270 e. The standard InChI is InChI=1S/C17H11N3O4S2/c18-9-11-5-7-26-17(11)19-16(21)10-24-14-4-3-12(20(22)23)8-13(14)15-2-1-6-25-15/h1-8H,10H2,(H,19,21). The number of nitro groups is 1. The third-order valence-electron chi connectivity index (χ3n) is 3.36. The SMILES string of the molecule is N#Cc1ccsc1NC(=O)COc1ccc([N+](=O)[O-])cc1-c1cccs1. The Balaban J connectivity index is 1.76. The lowest BCUT2D eigenvalue weighted by Crippen LogP contribution is -2.20. The first-order valence-electron chi connectivity index (χ1n) is 7.31. The van der Waals surface area contributed by atoms with Crippen molar-refractivity contribution in [3.8, 4) is 22.3 Å². The number of non-ortho nitro benzene ring substituents is 1. The van der Waals surface area contributed by atoms with Crippen molar-refractivity contribution in [1.29, 1.82) is 5.26 Å². The molecule has 26 heavy (non-hydrogen) atoms. The van der Waals surface area contributed by atoms with Gasteiger partial charge in [-0.3, -0.25) is 14.9 Å². The summed E-state index contributed by atoms with van der Waals surface area (Å²) in [7, 11) is 0. The van der Waals surface area contributed by atoms with E-state index in [4.69, 9.17) is 10.00 Å². The quantitative estimate of drug-likeness (QED) is 0.504. The van der Waals surface area contributed by atoms with Crippen molar-refractivity contribution < 1.29 is 14.5 Å². The summed E-state index contributed by atoms with van der Waals surface area (Å²) in [6.45, 7) is -0.279. The highest BCUT2D eigenvalue weighted by molar-refractivity contribution is 7.14. The number of nitrogens with one attached hydrogen (secondary N) is 1. The van der Waals surface area contributed by atoms with Crippen LogP contribution in [-0.2, 0) is 4.79 Å². The smallest absolute Gasteiger partial charge is 0.270 e. The summed E-state index contributed by atoms with van der Waals surface area (Å²) in [5.41, 5.74) is 0.885. The van der Waals surface area contributed by atoms with Gasteiger partial charge in [-0.2, -0.15) is 5.26 Å². The normalized spacial score (nSPS) is 10.1. The summed E-state index contributed by atoms with van der Waals surface area (Å²) in [6, 6.07) is 11.5. The molecule has 0 aliphatic heterocycles. The molecule has 3 rings (SSSR count). The molecule has 0 atom stereocenters. The van der Waals surface area contributed by atoms with Crippen LogP contribution in [0.25, 0.3) is 10.4 Å². The number of nitrogens with zero attached hydrogens (tertiary/aromatic N) is 2. The summed E-state index contributed by atoms with van der Waals surface area (Å²) in [4.78, 5) is 23.4. The first-order valence-corrected chi connectivity index (χ1v) is 9.07. The van der Waals surface area contributed by atoms with E-state index >= 15 is 0 Å². The summed E-state index contributed by atoms with van der Waals surface area (Å²) >= 11 is 2.66. The van der Waals surface area contributed by atoms with Gasteiger partial charge in [0, 0.05) is 22.6 Å². The van der Waals surface area contributed by atoms with Gasteiger partial charge in [0.25, 0.3) is 11.6 Å². The van der Waals surface area contributed by atoms with Crippen LogP contribution in [0.15, 0.2) is 47.2 Å². The molecule has 2 aromatic heterocycles. The van der Waals surface area contributed by atoms with Gasteiger partial charge >= 0.3 is 0 Å². The van der Waals surface area contributed by atoms with E-state index in [-0.39, 0.29) is 12.3 Å². The maximum absolute atomic E-state index is 12.1. The van der Waals surface area contributed by atoms with Gasteiger partial charge in [0.05, 0.1) is 10.5 Å². The van der Waals surface area contributed by atoms with E-state index in [9.17, 15) is 14.9 Å². The zero-order chi connectivity index (χ0) is 18.5. The Hall–Kier alpha value is -3.22.